The summed E-state index contributed by atoms with van der Waals surface area (Å²) >= 11 is 5.16. The quantitative estimate of drug-likeness (QED) is 0.227. The molecule has 0 atom stereocenters. The second-order valence-corrected chi connectivity index (χ2v) is 13.6. The average Bonchev–Trinajstić information content (AvgIpc) is 3.69. The topological polar surface area (TPSA) is 69.2 Å². The number of hydrogen-bond acceptors (Lipinski definition) is 7. The number of fused-ring (bicyclic) bond motifs is 6. The van der Waals surface area contributed by atoms with E-state index in [4.69, 9.17) is 9.90 Å². The van der Waals surface area contributed by atoms with Gasteiger partial charge in [-0.3, -0.25) is 9.36 Å². The third-order valence-corrected chi connectivity index (χ3v) is 11.1. The van der Waals surface area contributed by atoms with Crippen molar-refractivity contribution in [2.45, 2.75) is 45.7 Å². The van der Waals surface area contributed by atoms with Crippen molar-refractivity contribution in [3.05, 3.63) is 108 Å². The monoisotopic (exact) mass is 651 g/mol. The van der Waals surface area contributed by atoms with E-state index in [-0.39, 0.29) is 5.56 Å². The summed E-state index contributed by atoms with van der Waals surface area (Å²) in [6, 6.07) is 26.0. The Morgan fingerprint density at radius 1 is 0.867 bits per heavy atom. The number of aryl methyl sites for hydroxylation is 1. The van der Waals surface area contributed by atoms with Crippen molar-refractivity contribution in [2.75, 3.05) is 11.4 Å². The summed E-state index contributed by atoms with van der Waals surface area (Å²) in [6.45, 7) is 9.77. The van der Waals surface area contributed by atoms with Crippen LogP contribution in [0.1, 0.15) is 32.7 Å². The van der Waals surface area contributed by atoms with Crippen LogP contribution in [0.3, 0.4) is 0 Å². The molecule has 0 unspecified atom stereocenters. The molecule has 0 saturated heterocycles. The van der Waals surface area contributed by atoms with Gasteiger partial charge in [-0.1, -0.05) is 77.7 Å². The molecule has 6 nitrogen and oxygen atoms in total. The maximum absolute atomic E-state index is 13.5. The first-order chi connectivity index (χ1) is 21.8. The van der Waals surface area contributed by atoms with Crippen LogP contribution in [0.5, 0.6) is 0 Å². The number of allylic oxidation sites excluding steroid dienone is 1. The lowest BCUT2D eigenvalue weighted by Crippen LogP contribution is -2.35. The van der Waals surface area contributed by atoms with Gasteiger partial charge >= 0.3 is 0 Å². The van der Waals surface area contributed by atoms with Gasteiger partial charge in [0.05, 0.1) is 21.3 Å². The van der Waals surface area contributed by atoms with E-state index >= 15 is 0 Å². The molecule has 2 aromatic heterocycles. The molecule has 7 rings (SSSR count). The molecule has 3 heterocycles. The molecule has 0 bridgehead atoms. The minimum absolute atomic E-state index is 0.0734. The van der Waals surface area contributed by atoms with Crippen molar-refractivity contribution < 1.29 is 14.5 Å². The third kappa shape index (κ3) is 5.83. The van der Waals surface area contributed by atoms with E-state index in [0.717, 1.165) is 39.2 Å². The Morgan fingerprint density at radius 3 is 2.22 bits per heavy atom. The molecule has 228 valence electrons. The molecule has 0 radical (unpaired) electrons. The molecular weight excluding hydrogens is 619 g/mol. The van der Waals surface area contributed by atoms with Crippen molar-refractivity contribution >= 4 is 90.0 Å². The Morgan fingerprint density at radius 2 is 1.53 bits per heavy atom. The van der Waals surface area contributed by atoms with Crippen molar-refractivity contribution in [2.24, 2.45) is 0 Å². The largest absolute Gasteiger partial charge is 0.550 e. The normalized spacial score (nSPS) is 14.5. The van der Waals surface area contributed by atoms with Crippen molar-refractivity contribution in [3.63, 3.8) is 0 Å². The van der Waals surface area contributed by atoms with Crippen molar-refractivity contribution in [1.82, 2.24) is 4.57 Å². The number of thiazole rings is 2. The summed E-state index contributed by atoms with van der Waals surface area (Å²) in [5.41, 5.74) is 2.58. The van der Waals surface area contributed by atoms with Crippen LogP contribution < -0.4 is 29.3 Å². The highest BCUT2D eigenvalue weighted by atomic mass is 32.2. The molecule has 9 heteroatoms. The van der Waals surface area contributed by atoms with Crippen LogP contribution >= 0.6 is 34.4 Å². The van der Waals surface area contributed by atoms with Crippen LogP contribution in [-0.4, -0.2) is 17.1 Å². The number of aliphatic carboxylic acids is 1. The van der Waals surface area contributed by atoms with Crippen LogP contribution in [0.4, 0.5) is 5.69 Å². The van der Waals surface area contributed by atoms with Gasteiger partial charge in [-0.2, -0.15) is 4.57 Å². The number of carboxylic acids is 1. The molecule has 4 aromatic carbocycles. The summed E-state index contributed by atoms with van der Waals surface area (Å²) in [6.07, 6.45) is 6.34. The molecule has 0 amide bonds. The molecule has 0 fully saturated rings. The van der Waals surface area contributed by atoms with Crippen molar-refractivity contribution in [1.29, 1.82) is 0 Å². The molecule has 0 N–H and O–H groups in total. The Balaban J connectivity index is 0.000000845. The summed E-state index contributed by atoms with van der Waals surface area (Å²) in [5, 5.41) is 16.3. The Labute approximate surface area is 273 Å². The van der Waals surface area contributed by atoms with Crippen LogP contribution in [0.15, 0.2) is 93.6 Å². The van der Waals surface area contributed by atoms with Gasteiger partial charge in [0, 0.05) is 40.8 Å². The first-order valence-electron chi connectivity index (χ1n) is 15.0. The van der Waals surface area contributed by atoms with Gasteiger partial charge in [0.2, 0.25) is 5.52 Å². The number of benzene rings is 4. The number of aromatic nitrogens is 2. The van der Waals surface area contributed by atoms with Gasteiger partial charge in [-0.15, -0.1) is 11.3 Å². The van der Waals surface area contributed by atoms with Crippen molar-refractivity contribution in [3.8, 4) is 0 Å². The molecule has 6 aromatic rings. The molecule has 0 aliphatic carbocycles. The van der Waals surface area contributed by atoms with Crippen LogP contribution in [0, 0.1) is 0 Å². The fourth-order valence-corrected chi connectivity index (χ4v) is 9.35. The van der Waals surface area contributed by atoms with E-state index in [0.29, 0.717) is 6.54 Å². The fraction of sp³-hybridized carbons (Fsp3) is 0.194. The van der Waals surface area contributed by atoms with Crippen LogP contribution in [0.2, 0.25) is 0 Å². The van der Waals surface area contributed by atoms with Gasteiger partial charge in [0.1, 0.15) is 15.9 Å². The molecule has 0 spiro atoms. The van der Waals surface area contributed by atoms with E-state index in [1.54, 1.807) is 34.4 Å². The zero-order chi connectivity index (χ0) is 31.7. The number of hydrogen-bond donors (Lipinski definition) is 0. The number of nitrogens with zero attached hydrogens (tertiary/aromatic N) is 3. The summed E-state index contributed by atoms with van der Waals surface area (Å²) in [5.74, 6) is -1.08. The average molecular weight is 652 g/mol. The van der Waals surface area contributed by atoms with Gasteiger partial charge in [-0.05, 0) is 62.8 Å². The lowest BCUT2D eigenvalue weighted by molar-refractivity contribution is -0.665. The van der Waals surface area contributed by atoms with Gasteiger partial charge in [0.25, 0.3) is 10.6 Å². The minimum Gasteiger partial charge on any atom is -0.550 e. The highest BCUT2D eigenvalue weighted by Gasteiger charge is 2.25. The number of rotatable bonds is 5. The zero-order valence-electron chi connectivity index (χ0n) is 25.6. The first-order valence-corrected chi connectivity index (χ1v) is 17.4. The number of carboxylic acid groups (broad SMARTS) is 1. The highest BCUT2D eigenvalue weighted by molar-refractivity contribution is 8.03. The van der Waals surface area contributed by atoms with E-state index in [1.165, 1.54) is 42.3 Å². The number of anilines is 1. The second kappa shape index (κ2) is 13.0. The smallest absolute Gasteiger partial charge is 0.269 e. The zero-order valence-corrected chi connectivity index (χ0v) is 28.0. The lowest BCUT2D eigenvalue weighted by atomic mass is 10.1. The summed E-state index contributed by atoms with van der Waals surface area (Å²) in [7, 11) is 0. The lowest BCUT2D eigenvalue weighted by Gasteiger charge is -2.19. The van der Waals surface area contributed by atoms with Crippen LogP contribution in [-0.2, 0) is 17.9 Å². The predicted molar refractivity (Wildman–Crippen MR) is 188 cm³/mol. The maximum atomic E-state index is 13.5. The molecule has 1 aliphatic heterocycles. The maximum Gasteiger partial charge on any atom is 0.269 e. The predicted octanol–water partition coefficient (Wildman–Crippen LogP) is 5.60. The van der Waals surface area contributed by atoms with E-state index in [1.807, 2.05) is 17.6 Å². The van der Waals surface area contributed by atoms with Crippen LogP contribution in [0.25, 0.3) is 43.9 Å². The molecule has 45 heavy (non-hydrogen) atoms. The Hall–Kier alpha value is -4.18. The highest BCUT2D eigenvalue weighted by Crippen LogP contribution is 2.49. The summed E-state index contributed by atoms with van der Waals surface area (Å²) < 4.78 is 7.30. The summed E-state index contributed by atoms with van der Waals surface area (Å²) in [4.78, 5) is 26.0. The standard InChI is InChI=1S/C34H30N3OS3.C2H4O2/c1-4-35-26-17-15-23-12-8-10-14-25(23)33(26)41-30(35)21-31-37(6-3)34(38)28(40-31)19-20-29-36(5-2)32-24-13-9-7-11-22(24)16-18-27(32)39-29;1-2(3)4/h7-21H,4-6H2,1-3H3;1H3,(H,3,4)/q+1;/p-1/b28-19-,29-20-;. The minimum atomic E-state index is -1.08. The van der Waals surface area contributed by atoms with Gasteiger partial charge < -0.3 is 14.8 Å². The molecule has 0 saturated carbocycles. The second-order valence-electron chi connectivity index (χ2n) is 10.5. The molecular formula is C36H33N3O3S3. The molecule has 1 aliphatic rings. The Bertz CT molecular complexity index is 2290. The first kappa shape index (κ1) is 30.8. The van der Waals surface area contributed by atoms with Gasteiger partial charge in [0.15, 0.2) is 0 Å². The number of thioether (sulfide) groups is 1. The fourth-order valence-electron chi connectivity index (χ4n) is 5.78. The van der Waals surface area contributed by atoms with Gasteiger partial charge in [-0.25, -0.2) is 0 Å². The van der Waals surface area contributed by atoms with E-state index < -0.39 is 5.97 Å². The Kier molecular flexibility index (Phi) is 8.94. The van der Waals surface area contributed by atoms with E-state index in [9.17, 15) is 4.79 Å². The van der Waals surface area contributed by atoms with E-state index in [2.05, 4.69) is 108 Å². The third-order valence-electron chi connectivity index (χ3n) is 7.75. The number of carbonyl (C=O) groups is 1. The SMILES string of the molecule is CC(=O)[O-].CCN1/C(=C/C=c2\s/c(=C\c3sc4c5ccccc5ccc4[n+]3CC)n(CC)c2=O)Sc2ccc3ccccc3c21. The number of carbonyl (C=O) groups excluding carboxylic acids is 1.